The summed E-state index contributed by atoms with van der Waals surface area (Å²) < 4.78 is 0. The van der Waals surface area contributed by atoms with Crippen molar-refractivity contribution in [1.82, 2.24) is 5.23 Å². The molecule has 0 aliphatic heterocycles. The van der Waals surface area contributed by atoms with Crippen LogP contribution in [0.25, 0.3) is 0 Å². The molecule has 0 spiro atoms. The van der Waals surface area contributed by atoms with Gasteiger partial charge in [0.1, 0.15) is 6.54 Å². The third kappa shape index (κ3) is 3.99. The normalized spacial score (nSPS) is 10.4. The van der Waals surface area contributed by atoms with E-state index in [0.717, 1.165) is 5.56 Å². The van der Waals surface area contributed by atoms with Crippen molar-refractivity contribution in [3.05, 3.63) is 35.9 Å². The zero-order chi connectivity index (χ0) is 10.4. The Morgan fingerprint density at radius 1 is 1.36 bits per heavy atom. The van der Waals surface area contributed by atoms with Crippen molar-refractivity contribution in [3.63, 3.8) is 0 Å². The van der Waals surface area contributed by atoms with Crippen LogP contribution in [0.2, 0.25) is 0 Å². The molecule has 14 heavy (non-hydrogen) atoms. The van der Waals surface area contributed by atoms with Gasteiger partial charge in [0.15, 0.2) is 0 Å². The van der Waals surface area contributed by atoms with E-state index in [1.807, 2.05) is 30.3 Å². The lowest BCUT2D eigenvalue weighted by molar-refractivity contribution is -0.343. The molecular formula is C9H11NO4. The van der Waals surface area contributed by atoms with Gasteiger partial charge in [0.2, 0.25) is 0 Å². The number of aliphatic carboxylic acids is 1. The number of carboxylic acids is 1. The van der Waals surface area contributed by atoms with Crippen molar-refractivity contribution in [1.29, 1.82) is 0 Å². The Kier molecular flexibility index (Phi) is 4.06. The molecule has 0 aromatic heterocycles. The van der Waals surface area contributed by atoms with E-state index in [1.54, 1.807) is 0 Å². The molecule has 76 valence electrons. The molecule has 0 bridgehead atoms. The zero-order valence-corrected chi connectivity index (χ0v) is 7.46. The molecule has 1 aromatic rings. The van der Waals surface area contributed by atoms with Crippen molar-refractivity contribution in [3.8, 4) is 0 Å². The predicted molar refractivity (Wildman–Crippen MR) is 47.4 cm³/mol. The van der Waals surface area contributed by atoms with Crippen LogP contribution in [0.1, 0.15) is 5.56 Å². The van der Waals surface area contributed by atoms with Crippen LogP contribution in [-0.4, -0.2) is 28.1 Å². The summed E-state index contributed by atoms with van der Waals surface area (Å²) in [6.45, 7) is -0.419. The summed E-state index contributed by atoms with van der Waals surface area (Å²) >= 11 is 0. The van der Waals surface area contributed by atoms with Gasteiger partial charge in [0.05, 0.1) is 6.61 Å². The van der Waals surface area contributed by atoms with E-state index < -0.39 is 12.5 Å². The van der Waals surface area contributed by atoms with Crippen molar-refractivity contribution >= 4 is 5.97 Å². The first kappa shape index (κ1) is 10.6. The Hall–Kier alpha value is -1.43. The van der Waals surface area contributed by atoms with E-state index in [0.29, 0.717) is 5.23 Å². The lowest BCUT2D eigenvalue weighted by Crippen LogP contribution is -2.26. The van der Waals surface area contributed by atoms with Crippen molar-refractivity contribution in [2.45, 2.75) is 6.61 Å². The molecule has 0 saturated carbocycles. The van der Waals surface area contributed by atoms with E-state index in [-0.39, 0.29) is 6.61 Å². The van der Waals surface area contributed by atoms with Crippen LogP contribution in [0, 0.1) is 0 Å². The average molecular weight is 197 g/mol. The second-order valence-corrected chi connectivity index (χ2v) is 2.66. The van der Waals surface area contributed by atoms with Gasteiger partial charge in [-0.2, -0.15) is 0 Å². The summed E-state index contributed by atoms with van der Waals surface area (Å²) in [4.78, 5) is 14.9. The van der Waals surface area contributed by atoms with Crippen LogP contribution >= 0.6 is 0 Å². The number of hydroxylamine groups is 2. The lowest BCUT2D eigenvalue weighted by Gasteiger charge is -2.11. The Labute approximate surface area is 81.1 Å². The quantitative estimate of drug-likeness (QED) is 0.686. The fraction of sp³-hybridized carbons (Fsp3) is 0.222. The Morgan fingerprint density at radius 2 is 2.00 bits per heavy atom. The van der Waals surface area contributed by atoms with Gasteiger partial charge in [-0.3, -0.25) is 14.8 Å². The van der Waals surface area contributed by atoms with Gasteiger partial charge in [-0.1, -0.05) is 35.6 Å². The van der Waals surface area contributed by atoms with Crippen LogP contribution in [0.4, 0.5) is 0 Å². The fourth-order valence-electron chi connectivity index (χ4n) is 0.885. The molecular weight excluding hydrogens is 186 g/mol. The monoisotopic (exact) mass is 197 g/mol. The first-order chi connectivity index (χ1) is 6.68. The highest BCUT2D eigenvalue weighted by molar-refractivity contribution is 5.68. The minimum absolute atomic E-state index is 0.143. The van der Waals surface area contributed by atoms with Crippen molar-refractivity contribution < 1.29 is 19.9 Å². The smallest absolute Gasteiger partial charge is 0.322 e. The predicted octanol–water partition coefficient (Wildman–Crippen LogP) is 0.894. The van der Waals surface area contributed by atoms with Crippen molar-refractivity contribution in [2.75, 3.05) is 6.54 Å². The van der Waals surface area contributed by atoms with E-state index in [1.165, 1.54) is 0 Å². The molecule has 0 aliphatic carbocycles. The number of carbonyl (C=O) groups is 1. The largest absolute Gasteiger partial charge is 0.480 e. The molecule has 0 radical (unpaired) electrons. The molecule has 0 heterocycles. The molecule has 0 atom stereocenters. The Morgan fingerprint density at radius 3 is 2.57 bits per heavy atom. The molecule has 0 aliphatic rings. The SMILES string of the molecule is O=C(O)CN(O)OCc1ccccc1. The molecule has 2 N–H and O–H groups in total. The molecule has 5 nitrogen and oxygen atoms in total. The second kappa shape index (κ2) is 5.33. The van der Waals surface area contributed by atoms with Gasteiger partial charge >= 0.3 is 5.97 Å². The first-order valence-corrected chi connectivity index (χ1v) is 4.03. The summed E-state index contributed by atoms with van der Waals surface area (Å²) in [6, 6.07) is 9.15. The van der Waals surface area contributed by atoms with E-state index in [2.05, 4.69) is 0 Å². The number of carboxylic acid groups (broad SMARTS) is 1. The highest BCUT2D eigenvalue weighted by atomic mass is 16.9. The Bertz CT molecular complexity index is 288. The number of nitrogens with zero attached hydrogens (tertiary/aromatic N) is 1. The maximum Gasteiger partial charge on any atom is 0.322 e. The van der Waals surface area contributed by atoms with Gasteiger partial charge in [-0.15, -0.1) is 0 Å². The summed E-state index contributed by atoms with van der Waals surface area (Å²) in [5, 5.41) is 17.5. The van der Waals surface area contributed by atoms with Gasteiger partial charge in [-0.25, -0.2) is 0 Å². The highest BCUT2D eigenvalue weighted by Crippen LogP contribution is 2.01. The third-order valence-electron chi connectivity index (χ3n) is 1.49. The molecule has 5 heteroatoms. The molecule has 1 aromatic carbocycles. The number of hydrogen-bond acceptors (Lipinski definition) is 4. The minimum Gasteiger partial charge on any atom is -0.480 e. The van der Waals surface area contributed by atoms with Crippen LogP contribution in [0.5, 0.6) is 0 Å². The van der Waals surface area contributed by atoms with Crippen LogP contribution in [0.15, 0.2) is 30.3 Å². The van der Waals surface area contributed by atoms with Gasteiger partial charge < -0.3 is 5.11 Å². The molecule has 0 unspecified atom stereocenters. The van der Waals surface area contributed by atoms with Crippen molar-refractivity contribution in [2.24, 2.45) is 0 Å². The average Bonchev–Trinajstić information content (AvgIpc) is 2.15. The maximum atomic E-state index is 10.1. The van der Waals surface area contributed by atoms with Crippen LogP contribution < -0.4 is 0 Å². The maximum absolute atomic E-state index is 10.1. The molecule has 0 amide bonds. The zero-order valence-electron chi connectivity index (χ0n) is 7.46. The minimum atomic E-state index is -1.15. The first-order valence-electron chi connectivity index (χ1n) is 4.03. The number of benzene rings is 1. The van der Waals surface area contributed by atoms with E-state index in [4.69, 9.17) is 15.2 Å². The topological polar surface area (TPSA) is 70.0 Å². The summed E-state index contributed by atoms with van der Waals surface area (Å²) in [5.74, 6) is -1.15. The van der Waals surface area contributed by atoms with E-state index >= 15 is 0 Å². The second-order valence-electron chi connectivity index (χ2n) is 2.66. The van der Waals surface area contributed by atoms with Crippen LogP contribution in [-0.2, 0) is 16.2 Å². The van der Waals surface area contributed by atoms with Gasteiger partial charge in [-0.05, 0) is 5.56 Å². The van der Waals surface area contributed by atoms with Gasteiger partial charge in [0.25, 0.3) is 0 Å². The fourth-order valence-corrected chi connectivity index (χ4v) is 0.885. The third-order valence-corrected chi connectivity index (χ3v) is 1.49. The lowest BCUT2D eigenvalue weighted by atomic mass is 10.2. The molecule has 1 rings (SSSR count). The van der Waals surface area contributed by atoms with Crippen LogP contribution in [0.3, 0.4) is 0 Å². The summed E-state index contributed by atoms with van der Waals surface area (Å²) in [5.41, 5.74) is 0.858. The summed E-state index contributed by atoms with van der Waals surface area (Å²) in [7, 11) is 0. The standard InChI is InChI=1S/C9H11NO4/c11-9(12)6-10(13)14-7-8-4-2-1-3-5-8/h1-5,13H,6-7H2,(H,11,12). The molecule has 0 saturated heterocycles. The number of hydrogen-bond donors (Lipinski definition) is 2. The van der Waals surface area contributed by atoms with Gasteiger partial charge in [0, 0.05) is 0 Å². The number of rotatable bonds is 5. The highest BCUT2D eigenvalue weighted by Gasteiger charge is 2.06. The molecule has 0 fully saturated rings. The summed E-state index contributed by atoms with van der Waals surface area (Å²) in [6.07, 6.45) is 0. The Balaban J connectivity index is 2.30. The van der Waals surface area contributed by atoms with E-state index in [9.17, 15) is 4.79 Å².